The maximum atomic E-state index is 13.6. The molecular formula is C13H17FN2OS. The predicted octanol–water partition coefficient (Wildman–Crippen LogP) is 1.91. The number of rotatable bonds is 6. The van der Waals surface area contributed by atoms with Crippen LogP contribution in [0.4, 0.5) is 4.39 Å². The molecule has 1 amide bonds. The van der Waals surface area contributed by atoms with E-state index < -0.39 is 5.91 Å². The first-order chi connectivity index (χ1) is 8.56. The molecule has 0 aromatic heterocycles. The third-order valence-corrected chi connectivity index (χ3v) is 4.75. The van der Waals surface area contributed by atoms with Gasteiger partial charge in [0.25, 0.3) is 0 Å². The van der Waals surface area contributed by atoms with Gasteiger partial charge in [-0.1, -0.05) is 0 Å². The molecule has 2 rings (SSSR count). The van der Waals surface area contributed by atoms with E-state index in [1.54, 1.807) is 0 Å². The number of halogens is 1. The average Bonchev–Trinajstić information content (AvgIpc) is 3.12. The van der Waals surface area contributed by atoms with E-state index in [9.17, 15) is 9.18 Å². The number of hydrogen-bond acceptors (Lipinski definition) is 3. The molecule has 1 fully saturated rings. The topological polar surface area (TPSA) is 55.1 Å². The second-order valence-electron chi connectivity index (χ2n) is 4.66. The van der Waals surface area contributed by atoms with E-state index in [0.29, 0.717) is 22.4 Å². The van der Waals surface area contributed by atoms with Crippen LogP contribution in [-0.2, 0) is 6.54 Å². The molecule has 0 unspecified atom stereocenters. The standard InChI is InChI=1S/C13H17FN2OS/c1-18-13(4-5-13)8-16-7-10-6-9(12(15)17)2-3-11(10)14/h2-3,6,16H,4-5,7-8H2,1H3,(H2,15,17). The first-order valence-electron chi connectivity index (χ1n) is 5.90. The normalized spacial score (nSPS) is 16.6. The fourth-order valence-corrected chi connectivity index (χ4v) is 2.64. The molecule has 3 N–H and O–H groups in total. The van der Waals surface area contributed by atoms with Crippen LogP contribution in [-0.4, -0.2) is 23.5 Å². The van der Waals surface area contributed by atoms with Gasteiger partial charge in [-0.15, -0.1) is 0 Å². The van der Waals surface area contributed by atoms with Crippen LogP contribution in [0.1, 0.15) is 28.8 Å². The second-order valence-corrected chi connectivity index (χ2v) is 5.94. The molecule has 0 bridgehead atoms. The zero-order valence-corrected chi connectivity index (χ0v) is 11.1. The Hall–Kier alpha value is -1.07. The Kier molecular flexibility index (Phi) is 3.92. The molecule has 18 heavy (non-hydrogen) atoms. The van der Waals surface area contributed by atoms with Crippen LogP contribution in [0.3, 0.4) is 0 Å². The van der Waals surface area contributed by atoms with Gasteiger partial charge in [0, 0.05) is 29.0 Å². The van der Waals surface area contributed by atoms with E-state index in [4.69, 9.17) is 5.73 Å². The highest BCUT2D eigenvalue weighted by Crippen LogP contribution is 2.46. The number of primary amides is 1. The van der Waals surface area contributed by atoms with Crippen molar-refractivity contribution >= 4 is 17.7 Å². The van der Waals surface area contributed by atoms with Crippen LogP contribution in [0.15, 0.2) is 18.2 Å². The monoisotopic (exact) mass is 268 g/mol. The van der Waals surface area contributed by atoms with Crippen molar-refractivity contribution in [2.24, 2.45) is 5.73 Å². The van der Waals surface area contributed by atoms with Crippen LogP contribution < -0.4 is 11.1 Å². The van der Waals surface area contributed by atoms with Crippen molar-refractivity contribution in [3.63, 3.8) is 0 Å². The van der Waals surface area contributed by atoms with Gasteiger partial charge in [-0.3, -0.25) is 4.79 Å². The summed E-state index contributed by atoms with van der Waals surface area (Å²) in [7, 11) is 0. The quantitative estimate of drug-likeness (QED) is 0.828. The Morgan fingerprint density at radius 3 is 2.83 bits per heavy atom. The number of benzene rings is 1. The van der Waals surface area contributed by atoms with E-state index in [-0.39, 0.29) is 5.82 Å². The molecule has 0 aliphatic heterocycles. The van der Waals surface area contributed by atoms with Crippen molar-refractivity contribution < 1.29 is 9.18 Å². The molecule has 1 aliphatic carbocycles. The van der Waals surface area contributed by atoms with Crippen LogP contribution in [0.2, 0.25) is 0 Å². The Bertz CT molecular complexity index is 460. The fraction of sp³-hybridized carbons (Fsp3) is 0.462. The molecule has 0 heterocycles. The zero-order chi connectivity index (χ0) is 13.2. The third kappa shape index (κ3) is 3.03. The maximum absolute atomic E-state index is 13.6. The van der Waals surface area contributed by atoms with E-state index in [1.165, 1.54) is 31.0 Å². The summed E-state index contributed by atoms with van der Waals surface area (Å²) in [5.41, 5.74) is 6.01. The smallest absolute Gasteiger partial charge is 0.248 e. The van der Waals surface area contributed by atoms with Crippen LogP contribution in [0, 0.1) is 5.82 Å². The van der Waals surface area contributed by atoms with Gasteiger partial charge in [0.2, 0.25) is 5.91 Å². The van der Waals surface area contributed by atoms with Gasteiger partial charge in [-0.25, -0.2) is 4.39 Å². The van der Waals surface area contributed by atoms with Crippen molar-refractivity contribution in [3.8, 4) is 0 Å². The van der Waals surface area contributed by atoms with Crippen LogP contribution >= 0.6 is 11.8 Å². The number of carbonyl (C=O) groups excluding carboxylic acids is 1. The van der Waals surface area contributed by atoms with E-state index in [0.717, 1.165) is 6.54 Å². The van der Waals surface area contributed by atoms with Crippen molar-refractivity contribution in [3.05, 3.63) is 35.1 Å². The molecule has 0 radical (unpaired) electrons. The highest BCUT2D eigenvalue weighted by atomic mass is 32.2. The molecule has 1 saturated carbocycles. The highest BCUT2D eigenvalue weighted by molar-refractivity contribution is 8.00. The number of amides is 1. The summed E-state index contributed by atoms with van der Waals surface area (Å²) in [6.45, 7) is 1.30. The maximum Gasteiger partial charge on any atom is 0.248 e. The molecule has 0 saturated heterocycles. The number of carbonyl (C=O) groups is 1. The number of hydrogen-bond donors (Lipinski definition) is 2. The van der Waals surface area contributed by atoms with Crippen LogP contribution in [0.5, 0.6) is 0 Å². The number of nitrogens with two attached hydrogens (primary N) is 1. The lowest BCUT2D eigenvalue weighted by atomic mass is 10.1. The minimum absolute atomic E-state index is 0.304. The molecule has 5 heteroatoms. The molecule has 1 aromatic rings. The Morgan fingerprint density at radius 1 is 1.56 bits per heavy atom. The van der Waals surface area contributed by atoms with Crippen molar-refractivity contribution in [1.82, 2.24) is 5.32 Å². The number of thioether (sulfide) groups is 1. The second kappa shape index (κ2) is 5.28. The van der Waals surface area contributed by atoms with Gasteiger partial charge in [0.1, 0.15) is 5.82 Å². The van der Waals surface area contributed by atoms with Gasteiger partial charge in [-0.2, -0.15) is 11.8 Å². The van der Waals surface area contributed by atoms with Crippen molar-refractivity contribution in [2.75, 3.05) is 12.8 Å². The Balaban J connectivity index is 1.96. The molecule has 0 atom stereocenters. The van der Waals surface area contributed by atoms with Gasteiger partial charge >= 0.3 is 0 Å². The molecule has 1 aromatic carbocycles. The van der Waals surface area contributed by atoms with E-state index in [1.807, 2.05) is 11.8 Å². The lowest BCUT2D eigenvalue weighted by Gasteiger charge is -2.13. The average molecular weight is 268 g/mol. The first kappa shape index (κ1) is 13.4. The fourth-order valence-electron chi connectivity index (χ4n) is 1.88. The van der Waals surface area contributed by atoms with Gasteiger partial charge in [-0.05, 0) is 37.3 Å². The lowest BCUT2D eigenvalue weighted by Crippen LogP contribution is -2.26. The van der Waals surface area contributed by atoms with Crippen LogP contribution in [0.25, 0.3) is 0 Å². The van der Waals surface area contributed by atoms with Crippen molar-refractivity contribution in [1.29, 1.82) is 0 Å². The van der Waals surface area contributed by atoms with E-state index in [2.05, 4.69) is 11.6 Å². The minimum atomic E-state index is -0.529. The Morgan fingerprint density at radius 2 is 2.28 bits per heavy atom. The molecule has 98 valence electrons. The molecular weight excluding hydrogens is 251 g/mol. The predicted molar refractivity (Wildman–Crippen MR) is 72.1 cm³/mol. The third-order valence-electron chi connectivity index (χ3n) is 3.33. The summed E-state index contributed by atoms with van der Waals surface area (Å²) in [5.74, 6) is -0.833. The van der Waals surface area contributed by atoms with Gasteiger partial charge in [0.15, 0.2) is 0 Å². The summed E-state index contributed by atoms with van der Waals surface area (Å²) in [6.07, 6.45) is 4.53. The first-order valence-corrected chi connectivity index (χ1v) is 7.13. The van der Waals surface area contributed by atoms with E-state index >= 15 is 0 Å². The van der Waals surface area contributed by atoms with Gasteiger partial charge < -0.3 is 11.1 Å². The summed E-state index contributed by atoms with van der Waals surface area (Å²) >= 11 is 1.86. The SMILES string of the molecule is CSC1(CNCc2cc(C(N)=O)ccc2F)CC1. The zero-order valence-electron chi connectivity index (χ0n) is 10.3. The minimum Gasteiger partial charge on any atom is -0.366 e. The summed E-state index contributed by atoms with van der Waals surface area (Å²) < 4.78 is 13.9. The summed E-state index contributed by atoms with van der Waals surface area (Å²) in [5, 5.41) is 3.25. The molecule has 0 spiro atoms. The lowest BCUT2D eigenvalue weighted by molar-refractivity contribution is 0.1000. The molecule has 3 nitrogen and oxygen atoms in total. The Labute approximate surface area is 110 Å². The summed E-state index contributed by atoms with van der Waals surface area (Å²) in [6, 6.07) is 4.22. The largest absolute Gasteiger partial charge is 0.366 e. The molecule has 1 aliphatic rings. The van der Waals surface area contributed by atoms with Crippen molar-refractivity contribution in [2.45, 2.75) is 24.1 Å². The highest BCUT2D eigenvalue weighted by Gasteiger charge is 2.41. The summed E-state index contributed by atoms with van der Waals surface area (Å²) in [4.78, 5) is 11.0. The number of nitrogens with one attached hydrogen (secondary N) is 1. The van der Waals surface area contributed by atoms with Gasteiger partial charge in [0.05, 0.1) is 0 Å².